The second-order valence-electron chi connectivity index (χ2n) is 7.24. The highest BCUT2D eigenvalue weighted by atomic mass is 32.1. The van der Waals surface area contributed by atoms with Gasteiger partial charge < -0.3 is 10.3 Å². The lowest BCUT2D eigenvalue weighted by Gasteiger charge is -2.09. The van der Waals surface area contributed by atoms with Crippen LogP contribution in [0.5, 0.6) is 0 Å². The normalized spacial score (nSPS) is 11.6. The molecule has 3 heterocycles. The number of imidazole rings is 1. The number of aryl methyl sites for hydroxylation is 1. The van der Waals surface area contributed by atoms with Gasteiger partial charge in [-0.05, 0) is 42.8 Å². The third-order valence-electron chi connectivity index (χ3n) is 5.28. The van der Waals surface area contributed by atoms with Crippen molar-refractivity contribution in [2.75, 3.05) is 5.32 Å². The molecule has 0 saturated carbocycles. The number of hydrogen-bond donors (Lipinski definition) is 2. The van der Waals surface area contributed by atoms with Crippen LogP contribution < -0.4 is 5.32 Å². The van der Waals surface area contributed by atoms with Crippen molar-refractivity contribution in [3.63, 3.8) is 0 Å². The third-order valence-corrected chi connectivity index (χ3v) is 6.29. The zero-order chi connectivity index (χ0) is 19.4. The summed E-state index contributed by atoms with van der Waals surface area (Å²) in [6.07, 6.45) is 2.06. The molecule has 0 aliphatic heterocycles. The average Bonchev–Trinajstić information content (AvgIpc) is 3.40. The van der Waals surface area contributed by atoms with E-state index in [1.165, 1.54) is 21.2 Å². The Hall–Kier alpha value is -3.57. The first kappa shape index (κ1) is 16.4. The van der Waals surface area contributed by atoms with Crippen molar-refractivity contribution in [1.82, 2.24) is 14.4 Å². The average molecular weight is 395 g/mol. The Kier molecular flexibility index (Phi) is 3.52. The number of aromatic nitrogens is 3. The lowest BCUT2D eigenvalue weighted by molar-refractivity contribution is 1.28. The van der Waals surface area contributed by atoms with Crippen LogP contribution in [0.3, 0.4) is 0 Å². The number of thiazole rings is 1. The van der Waals surface area contributed by atoms with Crippen molar-refractivity contribution < 1.29 is 0 Å². The van der Waals surface area contributed by atoms with Crippen LogP contribution in [0.2, 0.25) is 0 Å². The topological polar surface area (TPSA) is 45.1 Å². The van der Waals surface area contributed by atoms with Crippen molar-refractivity contribution in [3.8, 4) is 11.3 Å². The molecular weight excluding hydrogens is 376 g/mol. The molecule has 3 aromatic heterocycles. The van der Waals surface area contributed by atoms with E-state index in [1.807, 2.05) is 24.3 Å². The summed E-state index contributed by atoms with van der Waals surface area (Å²) < 4.78 is 3.48. The van der Waals surface area contributed by atoms with E-state index in [4.69, 9.17) is 4.98 Å². The number of fused-ring (bicyclic) bond motifs is 4. The predicted molar refractivity (Wildman–Crippen MR) is 122 cm³/mol. The molecule has 0 spiro atoms. The van der Waals surface area contributed by atoms with E-state index < -0.39 is 0 Å². The smallest absolute Gasteiger partial charge is 0.197 e. The van der Waals surface area contributed by atoms with Gasteiger partial charge in [0.25, 0.3) is 0 Å². The third kappa shape index (κ3) is 2.55. The van der Waals surface area contributed by atoms with Crippen LogP contribution in [0.25, 0.3) is 37.3 Å². The van der Waals surface area contributed by atoms with Crippen molar-refractivity contribution in [2.45, 2.75) is 6.92 Å². The van der Waals surface area contributed by atoms with Crippen molar-refractivity contribution >= 4 is 48.9 Å². The van der Waals surface area contributed by atoms with Crippen LogP contribution in [0.4, 0.5) is 11.5 Å². The molecule has 0 aliphatic rings. The summed E-state index contributed by atoms with van der Waals surface area (Å²) in [6.45, 7) is 2.13. The zero-order valence-electron chi connectivity index (χ0n) is 15.8. The summed E-state index contributed by atoms with van der Waals surface area (Å²) in [7, 11) is 0. The Morgan fingerprint density at radius 3 is 2.69 bits per heavy atom. The number of para-hydroxylation sites is 2. The maximum Gasteiger partial charge on any atom is 0.197 e. The lowest BCUT2D eigenvalue weighted by atomic mass is 10.1. The van der Waals surface area contributed by atoms with Gasteiger partial charge in [-0.2, -0.15) is 0 Å². The molecule has 0 aliphatic carbocycles. The molecule has 29 heavy (non-hydrogen) atoms. The molecular formula is C24H18N4S. The second-order valence-corrected chi connectivity index (χ2v) is 8.25. The standard InChI is InChI=1S/C24H18N4S/c1-15-11-12-20-21(13-15)29-24-27-22(18-14-25-19-10-6-5-9-17(18)19)23(28(20)24)26-16-7-3-2-4-8-16/h2-14,25-26H,1H3. The Balaban J connectivity index is 1.66. The van der Waals surface area contributed by atoms with Gasteiger partial charge in [-0.15, -0.1) is 0 Å². The molecule has 0 amide bonds. The van der Waals surface area contributed by atoms with Crippen LogP contribution in [0.15, 0.2) is 79.0 Å². The van der Waals surface area contributed by atoms with Crippen LogP contribution in [-0.4, -0.2) is 14.4 Å². The molecule has 2 N–H and O–H groups in total. The van der Waals surface area contributed by atoms with Crippen LogP contribution >= 0.6 is 11.3 Å². The molecule has 0 bridgehead atoms. The molecule has 0 radical (unpaired) electrons. The fraction of sp³-hybridized carbons (Fsp3) is 0.0417. The summed E-state index contributed by atoms with van der Waals surface area (Å²) in [5.74, 6) is 0.992. The van der Waals surface area contributed by atoms with Crippen LogP contribution in [0.1, 0.15) is 5.56 Å². The van der Waals surface area contributed by atoms with E-state index in [-0.39, 0.29) is 0 Å². The molecule has 3 aromatic carbocycles. The molecule has 0 unspecified atom stereocenters. The minimum Gasteiger partial charge on any atom is -0.360 e. The first-order chi connectivity index (χ1) is 14.3. The van der Waals surface area contributed by atoms with Gasteiger partial charge in [-0.1, -0.05) is 53.8 Å². The van der Waals surface area contributed by atoms with E-state index in [0.29, 0.717) is 0 Å². The van der Waals surface area contributed by atoms with Gasteiger partial charge in [0.2, 0.25) is 0 Å². The van der Waals surface area contributed by atoms with Gasteiger partial charge in [-0.3, -0.25) is 4.40 Å². The number of H-pyrrole nitrogens is 1. The van der Waals surface area contributed by atoms with E-state index >= 15 is 0 Å². The summed E-state index contributed by atoms with van der Waals surface area (Å²) >= 11 is 1.73. The molecule has 6 rings (SSSR count). The van der Waals surface area contributed by atoms with E-state index in [9.17, 15) is 0 Å². The number of nitrogens with one attached hydrogen (secondary N) is 2. The van der Waals surface area contributed by atoms with Crippen molar-refractivity contribution in [3.05, 3.63) is 84.6 Å². The van der Waals surface area contributed by atoms with E-state index in [0.717, 1.165) is 33.2 Å². The van der Waals surface area contributed by atoms with E-state index in [2.05, 4.69) is 76.4 Å². The lowest BCUT2D eigenvalue weighted by Crippen LogP contribution is -1.96. The SMILES string of the molecule is Cc1ccc2c(c1)sc1nc(-c3c[nH]c4ccccc34)c(Nc3ccccc3)n12. The fourth-order valence-corrected chi connectivity index (χ4v) is 5.03. The Bertz CT molecular complexity index is 1490. The van der Waals surface area contributed by atoms with Crippen molar-refractivity contribution in [2.24, 2.45) is 0 Å². The number of rotatable bonds is 3. The predicted octanol–water partition coefficient (Wildman–Crippen LogP) is 6.75. The summed E-state index contributed by atoms with van der Waals surface area (Å²) in [5.41, 5.74) is 6.66. The molecule has 0 atom stereocenters. The van der Waals surface area contributed by atoms with E-state index in [1.54, 1.807) is 11.3 Å². The molecule has 0 saturated heterocycles. The minimum atomic E-state index is 0.958. The molecule has 5 heteroatoms. The van der Waals surface area contributed by atoms with Gasteiger partial charge in [-0.25, -0.2) is 4.98 Å². The Morgan fingerprint density at radius 1 is 0.966 bits per heavy atom. The molecule has 6 aromatic rings. The number of aromatic amines is 1. The highest BCUT2D eigenvalue weighted by molar-refractivity contribution is 7.23. The first-order valence-electron chi connectivity index (χ1n) is 9.58. The largest absolute Gasteiger partial charge is 0.360 e. The summed E-state index contributed by atoms with van der Waals surface area (Å²) in [5, 5.41) is 4.81. The summed E-state index contributed by atoms with van der Waals surface area (Å²) in [6, 6.07) is 25.2. The Labute approximate surface area is 171 Å². The first-order valence-corrected chi connectivity index (χ1v) is 10.4. The van der Waals surface area contributed by atoms with Gasteiger partial charge in [0.05, 0.1) is 10.2 Å². The number of anilines is 2. The highest BCUT2D eigenvalue weighted by Crippen LogP contribution is 2.39. The quantitative estimate of drug-likeness (QED) is 0.349. The molecule has 4 nitrogen and oxygen atoms in total. The summed E-state index contributed by atoms with van der Waals surface area (Å²) in [4.78, 5) is 9.44. The van der Waals surface area contributed by atoms with Crippen LogP contribution in [-0.2, 0) is 0 Å². The van der Waals surface area contributed by atoms with Gasteiger partial charge >= 0.3 is 0 Å². The fourth-order valence-electron chi connectivity index (χ4n) is 3.91. The number of benzene rings is 3. The number of hydrogen-bond acceptors (Lipinski definition) is 3. The van der Waals surface area contributed by atoms with Gasteiger partial charge in [0.15, 0.2) is 4.96 Å². The Morgan fingerprint density at radius 2 is 1.79 bits per heavy atom. The zero-order valence-corrected chi connectivity index (χ0v) is 16.6. The van der Waals surface area contributed by atoms with Gasteiger partial charge in [0.1, 0.15) is 11.5 Å². The maximum absolute atomic E-state index is 5.07. The van der Waals surface area contributed by atoms with Crippen LogP contribution in [0, 0.1) is 6.92 Å². The van der Waals surface area contributed by atoms with Gasteiger partial charge in [0, 0.05) is 28.4 Å². The molecule has 140 valence electrons. The number of nitrogens with zero attached hydrogens (tertiary/aromatic N) is 2. The molecule has 0 fully saturated rings. The monoisotopic (exact) mass is 394 g/mol. The highest BCUT2D eigenvalue weighted by Gasteiger charge is 2.20. The second kappa shape index (κ2) is 6.22. The maximum atomic E-state index is 5.07. The van der Waals surface area contributed by atoms with Crippen molar-refractivity contribution in [1.29, 1.82) is 0 Å². The minimum absolute atomic E-state index is 0.958.